The first-order valence-corrected chi connectivity index (χ1v) is 9.85. The first-order chi connectivity index (χ1) is 13.7. The lowest BCUT2D eigenvalue weighted by Gasteiger charge is -2.08. The molecule has 0 aliphatic rings. The first-order valence-electron chi connectivity index (χ1n) is 9.04. The van der Waals surface area contributed by atoms with Crippen molar-refractivity contribution in [2.45, 2.75) is 13.0 Å². The zero-order valence-electron chi connectivity index (χ0n) is 15.5. The van der Waals surface area contributed by atoms with Gasteiger partial charge in [-0.1, -0.05) is 36.4 Å². The highest BCUT2D eigenvalue weighted by Gasteiger charge is 2.08. The van der Waals surface area contributed by atoms with Crippen LogP contribution in [0.3, 0.4) is 0 Å². The molecule has 4 nitrogen and oxygen atoms in total. The number of methoxy groups -OCH3 is 1. The van der Waals surface area contributed by atoms with Gasteiger partial charge < -0.3 is 10.1 Å². The number of rotatable bonds is 6. The topological polar surface area (TPSA) is 51.2 Å². The molecule has 4 rings (SSSR count). The van der Waals surface area contributed by atoms with Gasteiger partial charge in [0.15, 0.2) is 0 Å². The minimum absolute atomic E-state index is 0.128. The maximum atomic E-state index is 12.5. The van der Waals surface area contributed by atoms with Crippen LogP contribution in [0, 0.1) is 0 Å². The maximum absolute atomic E-state index is 12.5. The van der Waals surface area contributed by atoms with E-state index in [4.69, 9.17) is 4.74 Å². The molecule has 140 valence electrons. The number of nitrogens with one attached hydrogen (secondary N) is 1. The molecule has 5 heteroatoms. The number of ether oxygens (including phenoxy) is 1. The van der Waals surface area contributed by atoms with E-state index < -0.39 is 0 Å². The second kappa shape index (κ2) is 8.33. The van der Waals surface area contributed by atoms with Gasteiger partial charge in [0.1, 0.15) is 0 Å². The number of thiazole rings is 1. The van der Waals surface area contributed by atoms with Gasteiger partial charge >= 0.3 is 0 Å². The van der Waals surface area contributed by atoms with Crippen molar-refractivity contribution in [2.24, 2.45) is 0 Å². The number of amides is 1. The van der Waals surface area contributed by atoms with E-state index in [1.54, 1.807) is 24.5 Å². The molecule has 4 aromatic rings. The molecular formula is C23H20N2O2S. The predicted octanol–water partition coefficient (Wildman–Crippen LogP) is 5.29. The largest absolute Gasteiger partial charge is 0.380 e. The van der Waals surface area contributed by atoms with E-state index >= 15 is 0 Å². The Hall–Kier alpha value is -3.02. The standard InChI is InChI=1S/C23H20N2O2S/c1-27-15-17-5-4-6-18(13-17)23(26)24-19-11-9-16(10-12-19)14-22-25-20-7-2-3-8-21(20)28-22/h2-13H,14-15H2,1H3,(H,24,26). The number of benzene rings is 3. The second-order valence-corrected chi connectivity index (χ2v) is 7.65. The molecule has 0 atom stereocenters. The van der Waals surface area contributed by atoms with Crippen molar-refractivity contribution in [1.82, 2.24) is 4.98 Å². The number of hydrogen-bond acceptors (Lipinski definition) is 4. The molecular weight excluding hydrogens is 368 g/mol. The highest BCUT2D eigenvalue weighted by molar-refractivity contribution is 7.18. The highest BCUT2D eigenvalue weighted by Crippen LogP contribution is 2.24. The van der Waals surface area contributed by atoms with Crippen molar-refractivity contribution in [3.8, 4) is 0 Å². The summed E-state index contributed by atoms with van der Waals surface area (Å²) < 4.78 is 6.33. The minimum Gasteiger partial charge on any atom is -0.380 e. The molecule has 1 aromatic heterocycles. The molecule has 0 saturated heterocycles. The summed E-state index contributed by atoms with van der Waals surface area (Å²) in [4.78, 5) is 17.2. The lowest BCUT2D eigenvalue weighted by molar-refractivity contribution is 0.102. The van der Waals surface area contributed by atoms with Crippen LogP contribution in [-0.2, 0) is 17.8 Å². The van der Waals surface area contributed by atoms with Gasteiger partial charge in [0.25, 0.3) is 5.91 Å². The Morgan fingerprint density at radius 3 is 2.61 bits per heavy atom. The Balaban J connectivity index is 1.42. The van der Waals surface area contributed by atoms with E-state index in [9.17, 15) is 4.79 Å². The van der Waals surface area contributed by atoms with Gasteiger partial charge in [-0.05, 0) is 47.5 Å². The van der Waals surface area contributed by atoms with Gasteiger partial charge in [-0.15, -0.1) is 11.3 Å². The van der Waals surface area contributed by atoms with Gasteiger partial charge in [0.2, 0.25) is 0 Å². The second-order valence-electron chi connectivity index (χ2n) is 6.54. The van der Waals surface area contributed by atoms with Crippen LogP contribution in [-0.4, -0.2) is 18.0 Å². The van der Waals surface area contributed by atoms with Crippen LogP contribution in [0.2, 0.25) is 0 Å². The summed E-state index contributed by atoms with van der Waals surface area (Å²) in [5, 5.41) is 4.04. The maximum Gasteiger partial charge on any atom is 0.255 e. The van der Waals surface area contributed by atoms with Crippen LogP contribution in [0.4, 0.5) is 5.69 Å². The van der Waals surface area contributed by atoms with E-state index in [1.807, 2.05) is 60.7 Å². The number of nitrogens with zero attached hydrogens (tertiary/aromatic N) is 1. The van der Waals surface area contributed by atoms with Crippen LogP contribution in [0.25, 0.3) is 10.2 Å². The van der Waals surface area contributed by atoms with Gasteiger partial charge in [-0.25, -0.2) is 4.98 Å². The number of aromatic nitrogens is 1. The normalized spacial score (nSPS) is 10.9. The summed E-state index contributed by atoms with van der Waals surface area (Å²) >= 11 is 1.72. The average molecular weight is 388 g/mol. The molecule has 0 spiro atoms. The number of hydrogen-bond donors (Lipinski definition) is 1. The summed E-state index contributed by atoms with van der Waals surface area (Å²) in [7, 11) is 1.64. The van der Waals surface area contributed by atoms with Crippen molar-refractivity contribution in [1.29, 1.82) is 0 Å². The number of carbonyl (C=O) groups is 1. The molecule has 28 heavy (non-hydrogen) atoms. The summed E-state index contributed by atoms with van der Waals surface area (Å²) in [5.41, 5.74) is 4.57. The smallest absolute Gasteiger partial charge is 0.255 e. The Morgan fingerprint density at radius 2 is 1.82 bits per heavy atom. The van der Waals surface area contributed by atoms with Gasteiger partial charge in [0, 0.05) is 24.8 Å². The Kier molecular flexibility index (Phi) is 5.46. The molecule has 0 unspecified atom stereocenters. The third-order valence-corrected chi connectivity index (χ3v) is 5.44. The van der Waals surface area contributed by atoms with E-state index in [-0.39, 0.29) is 5.91 Å². The summed E-state index contributed by atoms with van der Waals surface area (Å²) in [6.07, 6.45) is 0.784. The summed E-state index contributed by atoms with van der Waals surface area (Å²) in [6, 6.07) is 23.6. The van der Waals surface area contributed by atoms with Crippen LogP contribution in [0.15, 0.2) is 72.8 Å². The van der Waals surface area contributed by atoms with Gasteiger partial charge in [-0.2, -0.15) is 0 Å². The molecule has 0 saturated carbocycles. The molecule has 1 heterocycles. The lowest BCUT2D eigenvalue weighted by atomic mass is 10.1. The molecule has 0 bridgehead atoms. The van der Waals surface area contributed by atoms with Crippen molar-refractivity contribution in [3.05, 3.63) is 94.5 Å². The minimum atomic E-state index is -0.128. The van der Waals surface area contributed by atoms with E-state index in [1.165, 1.54) is 10.3 Å². The third kappa shape index (κ3) is 4.27. The Labute approximate surface area is 167 Å². The monoisotopic (exact) mass is 388 g/mol. The molecule has 0 aliphatic heterocycles. The van der Waals surface area contributed by atoms with Crippen LogP contribution in [0.5, 0.6) is 0 Å². The van der Waals surface area contributed by atoms with Crippen molar-refractivity contribution in [3.63, 3.8) is 0 Å². The highest BCUT2D eigenvalue weighted by atomic mass is 32.1. The Bertz CT molecular complexity index is 1070. The third-order valence-electron chi connectivity index (χ3n) is 4.41. The molecule has 1 amide bonds. The predicted molar refractivity (Wildman–Crippen MR) is 114 cm³/mol. The van der Waals surface area contributed by atoms with E-state index in [0.717, 1.165) is 28.2 Å². The van der Waals surface area contributed by atoms with Crippen molar-refractivity contribution in [2.75, 3.05) is 12.4 Å². The fourth-order valence-corrected chi connectivity index (χ4v) is 4.05. The zero-order valence-corrected chi connectivity index (χ0v) is 16.3. The molecule has 0 fully saturated rings. The average Bonchev–Trinajstić information content (AvgIpc) is 3.12. The first kappa shape index (κ1) is 18.3. The van der Waals surface area contributed by atoms with Crippen LogP contribution < -0.4 is 5.32 Å². The number of anilines is 1. The van der Waals surface area contributed by atoms with Crippen LogP contribution in [0.1, 0.15) is 26.5 Å². The molecule has 0 aliphatic carbocycles. The molecule has 0 radical (unpaired) electrons. The zero-order chi connectivity index (χ0) is 19.3. The lowest BCUT2D eigenvalue weighted by Crippen LogP contribution is -2.12. The number of carbonyl (C=O) groups excluding carboxylic acids is 1. The Morgan fingerprint density at radius 1 is 1.00 bits per heavy atom. The van der Waals surface area contributed by atoms with Crippen molar-refractivity contribution >= 4 is 33.1 Å². The number of fused-ring (bicyclic) bond motifs is 1. The molecule has 1 N–H and O–H groups in total. The fourth-order valence-electron chi connectivity index (χ4n) is 3.05. The van der Waals surface area contributed by atoms with Gasteiger partial charge in [-0.3, -0.25) is 4.79 Å². The number of para-hydroxylation sites is 1. The fraction of sp³-hybridized carbons (Fsp3) is 0.130. The van der Waals surface area contributed by atoms with Gasteiger partial charge in [0.05, 0.1) is 21.8 Å². The van der Waals surface area contributed by atoms with E-state index in [2.05, 4.69) is 16.4 Å². The summed E-state index contributed by atoms with van der Waals surface area (Å²) in [5.74, 6) is -0.128. The van der Waals surface area contributed by atoms with Crippen molar-refractivity contribution < 1.29 is 9.53 Å². The summed E-state index contributed by atoms with van der Waals surface area (Å²) in [6.45, 7) is 0.488. The van der Waals surface area contributed by atoms with Crippen LogP contribution >= 0.6 is 11.3 Å². The van der Waals surface area contributed by atoms with E-state index in [0.29, 0.717) is 12.2 Å². The molecule has 3 aromatic carbocycles. The quantitative estimate of drug-likeness (QED) is 0.488. The SMILES string of the molecule is COCc1cccc(C(=O)Nc2ccc(Cc3nc4ccccc4s3)cc2)c1.